The highest BCUT2D eigenvalue weighted by Gasteiger charge is 2.39. The average molecular weight is 298 g/mol. The standard InChI is InChI=1S/C16H21ClFNO/c1-11-10-16(2,3)19(15(20)5-4-8-17)14-7-6-12(18)9-13(11)14/h6-7,9,11H,4-5,8,10H2,1-3H3. The van der Waals surface area contributed by atoms with E-state index in [1.54, 1.807) is 12.1 Å². The maximum atomic E-state index is 13.5. The molecule has 0 aromatic heterocycles. The highest BCUT2D eigenvalue weighted by Crippen LogP contribution is 2.43. The number of carbonyl (C=O) groups excluding carboxylic acids is 1. The molecule has 2 rings (SSSR count). The van der Waals surface area contributed by atoms with Crippen LogP contribution >= 0.6 is 11.6 Å². The summed E-state index contributed by atoms with van der Waals surface area (Å²) >= 11 is 5.68. The summed E-state index contributed by atoms with van der Waals surface area (Å²) in [6.07, 6.45) is 1.92. The van der Waals surface area contributed by atoms with Crippen molar-refractivity contribution in [3.05, 3.63) is 29.6 Å². The third-order valence-electron chi connectivity index (χ3n) is 3.95. The van der Waals surface area contributed by atoms with E-state index in [1.807, 2.05) is 4.90 Å². The van der Waals surface area contributed by atoms with E-state index >= 15 is 0 Å². The minimum Gasteiger partial charge on any atom is -0.307 e. The Balaban J connectivity index is 2.43. The third kappa shape index (κ3) is 2.83. The number of alkyl halides is 1. The highest BCUT2D eigenvalue weighted by atomic mass is 35.5. The van der Waals surface area contributed by atoms with Gasteiger partial charge in [0.25, 0.3) is 0 Å². The fourth-order valence-electron chi connectivity index (χ4n) is 3.20. The van der Waals surface area contributed by atoms with Crippen molar-refractivity contribution in [3.63, 3.8) is 0 Å². The molecule has 0 bridgehead atoms. The van der Waals surface area contributed by atoms with Gasteiger partial charge in [-0.15, -0.1) is 11.6 Å². The van der Waals surface area contributed by atoms with Crippen molar-refractivity contribution < 1.29 is 9.18 Å². The maximum absolute atomic E-state index is 13.5. The number of hydrogen-bond donors (Lipinski definition) is 0. The number of fused-ring (bicyclic) bond motifs is 1. The van der Waals surface area contributed by atoms with Gasteiger partial charge < -0.3 is 4.90 Å². The molecule has 0 saturated heterocycles. The number of halogens is 2. The zero-order valence-electron chi connectivity index (χ0n) is 12.2. The van der Waals surface area contributed by atoms with E-state index in [4.69, 9.17) is 11.6 Å². The zero-order valence-corrected chi connectivity index (χ0v) is 13.0. The summed E-state index contributed by atoms with van der Waals surface area (Å²) in [5.41, 5.74) is 1.51. The molecular weight excluding hydrogens is 277 g/mol. The van der Waals surface area contributed by atoms with Gasteiger partial charge in [0, 0.05) is 23.5 Å². The number of anilines is 1. The molecule has 1 unspecified atom stereocenters. The van der Waals surface area contributed by atoms with E-state index in [0.717, 1.165) is 17.7 Å². The first-order valence-electron chi connectivity index (χ1n) is 7.05. The Morgan fingerprint density at radius 2 is 2.20 bits per heavy atom. The van der Waals surface area contributed by atoms with Crippen molar-refractivity contribution in [1.82, 2.24) is 0 Å². The Morgan fingerprint density at radius 1 is 1.50 bits per heavy atom. The first-order valence-corrected chi connectivity index (χ1v) is 7.59. The monoisotopic (exact) mass is 297 g/mol. The smallest absolute Gasteiger partial charge is 0.227 e. The number of hydrogen-bond acceptors (Lipinski definition) is 1. The minimum absolute atomic E-state index is 0.0652. The second-order valence-electron chi connectivity index (χ2n) is 6.14. The lowest BCUT2D eigenvalue weighted by atomic mass is 9.80. The van der Waals surface area contributed by atoms with Crippen LogP contribution in [0, 0.1) is 5.82 Å². The lowest BCUT2D eigenvalue weighted by molar-refractivity contribution is -0.119. The molecule has 2 nitrogen and oxygen atoms in total. The first-order chi connectivity index (χ1) is 9.36. The van der Waals surface area contributed by atoms with Gasteiger partial charge in [0.2, 0.25) is 5.91 Å². The summed E-state index contributed by atoms with van der Waals surface area (Å²) < 4.78 is 13.5. The van der Waals surface area contributed by atoms with E-state index in [1.165, 1.54) is 6.07 Å². The fourth-order valence-corrected chi connectivity index (χ4v) is 3.34. The summed E-state index contributed by atoms with van der Waals surface area (Å²) in [5, 5.41) is 0. The molecule has 1 aliphatic rings. The molecule has 1 aromatic carbocycles. The van der Waals surface area contributed by atoms with Gasteiger partial charge in [-0.25, -0.2) is 4.39 Å². The quantitative estimate of drug-likeness (QED) is 0.754. The summed E-state index contributed by atoms with van der Waals surface area (Å²) in [6.45, 7) is 6.21. The van der Waals surface area contributed by atoms with Crippen molar-refractivity contribution in [2.24, 2.45) is 0 Å². The van der Waals surface area contributed by atoms with Gasteiger partial charge in [-0.1, -0.05) is 6.92 Å². The maximum Gasteiger partial charge on any atom is 0.227 e. The third-order valence-corrected chi connectivity index (χ3v) is 4.21. The Labute approximate surface area is 124 Å². The predicted octanol–water partition coefficient (Wildman–Crippen LogP) is 4.46. The summed E-state index contributed by atoms with van der Waals surface area (Å²) in [7, 11) is 0. The molecule has 0 spiro atoms. The SMILES string of the molecule is CC1CC(C)(C)N(C(=O)CCCCl)c2ccc(F)cc21. The zero-order chi connectivity index (χ0) is 14.9. The summed E-state index contributed by atoms with van der Waals surface area (Å²) in [6, 6.07) is 4.70. The molecule has 1 aliphatic heterocycles. The van der Waals surface area contributed by atoms with Gasteiger partial charge in [0.1, 0.15) is 5.82 Å². The van der Waals surface area contributed by atoms with Crippen LogP contribution in [0.15, 0.2) is 18.2 Å². The van der Waals surface area contributed by atoms with Crippen LogP contribution in [0.1, 0.15) is 51.5 Å². The van der Waals surface area contributed by atoms with Crippen LogP contribution < -0.4 is 4.90 Å². The first kappa shape index (κ1) is 15.3. The number of nitrogens with zero attached hydrogens (tertiary/aromatic N) is 1. The molecule has 20 heavy (non-hydrogen) atoms. The minimum atomic E-state index is -0.256. The van der Waals surface area contributed by atoms with Crippen molar-refractivity contribution >= 4 is 23.2 Å². The van der Waals surface area contributed by atoms with Crippen LogP contribution in [-0.4, -0.2) is 17.3 Å². The highest BCUT2D eigenvalue weighted by molar-refractivity contribution is 6.18. The molecule has 0 saturated carbocycles. The van der Waals surface area contributed by atoms with E-state index in [9.17, 15) is 9.18 Å². The Bertz CT molecular complexity index is 515. The van der Waals surface area contributed by atoms with Gasteiger partial charge in [-0.2, -0.15) is 0 Å². The van der Waals surface area contributed by atoms with Gasteiger partial charge in [0.05, 0.1) is 0 Å². The van der Waals surface area contributed by atoms with E-state index in [2.05, 4.69) is 20.8 Å². The molecule has 0 radical (unpaired) electrons. The van der Waals surface area contributed by atoms with E-state index in [0.29, 0.717) is 18.7 Å². The number of rotatable bonds is 3. The molecule has 1 aromatic rings. The molecule has 1 atom stereocenters. The summed E-state index contributed by atoms with van der Waals surface area (Å²) in [4.78, 5) is 14.3. The lowest BCUT2D eigenvalue weighted by Gasteiger charge is -2.46. The lowest BCUT2D eigenvalue weighted by Crippen LogP contribution is -2.51. The molecule has 0 N–H and O–H groups in total. The molecule has 0 fully saturated rings. The molecule has 110 valence electrons. The predicted molar refractivity (Wildman–Crippen MR) is 81.0 cm³/mol. The average Bonchev–Trinajstić information content (AvgIpc) is 2.36. The van der Waals surface area contributed by atoms with Crippen molar-refractivity contribution in [2.45, 2.75) is 51.5 Å². The van der Waals surface area contributed by atoms with Crippen molar-refractivity contribution in [2.75, 3.05) is 10.8 Å². The Morgan fingerprint density at radius 3 is 2.85 bits per heavy atom. The van der Waals surface area contributed by atoms with Crippen LogP contribution in [-0.2, 0) is 4.79 Å². The number of carbonyl (C=O) groups is 1. The largest absolute Gasteiger partial charge is 0.307 e. The molecular formula is C16H21ClFNO. The topological polar surface area (TPSA) is 20.3 Å². The van der Waals surface area contributed by atoms with Crippen LogP contribution in [0.5, 0.6) is 0 Å². The second kappa shape index (κ2) is 5.72. The van der Waals surface area contributed by atoms with Crippen molar-refractivity contribution in [3.8, 4) is 0 Å². The molecule has 1 heterocycles. The normalized spacial score (nSPS) is 20.6. The van der Waals surface area contributed by atoms with Gasteiger partial charge in [-0.3, -0.25) is 4.79 Å². The summed E-state index contributed by atoms with van der Waals surface area (Å²) in [5.74, 6) is 0.541. The van der Waals surface area contributed by atoms with Gasteiger partial charge in [-0.05, 0) is 56.4 Å². The van der Waals surface area contributed by atoms with Crippen LogP contribution in [0.2, 0.25) is 0 Å². The number of amides is 1. The van der Waals surface area contributed by atoms with Gasteiger partial charge in [0.15, 0.2) is 0 Å². The Hall–Kier alpha value is -1.09. The van der Waals surface area contributed by atoms with Crippen LogP contribution in [0.3, 0.4) is 0 Å². The Kier molecular flexibility index (Phi) is 4.38. The fraction of sp³-hybridized carbons (Fsp3) is 0.562. The van der Waals surface area contributed by atoms with Crippen molar-refractivity contribution in [1.29, 1.82) is 0 Å². The number of benzene rings is 1. The molecule has 1 amide bonds. The van der Waals surface area contributed by atoms with Crippen LogP contribution in [0.25, 0.3) is 0 Å². The van der Waals surface area contributed by atoms with E-state index < -0.39 is 0 Å². The van der Waals surface area contributed by atoms with Crippen LogP contribution in [0.4, 0.5) is 10.1 Å². The molecule has 4 heteroatoms. The van der Waals surface area contributed by atoms with E-state index in [-0.39, 0.29) is 23.2 Å². The second-order valence-corrected chi connectivity index (χ2v) is 6.52. The van der Waals surface area contributed by atoms with Gasteiger partial charge >= 0.3 is 0 Å². The molecule has 0 aliphatic carbocycles.